The maximum atomic E-state index is 10.7. The van der Waals surface area contributed by atoms with E-state index in [9.17, 15) is 4.79 Å². The Morgan fingerprint density at radius 2 is 2.20 bits per heavy atom. The zero-order valence-corrected chi connectivity index (χ0v) is 11.3. The standard InChI is InChI=1S/C14H9N3O2S/c1-17-12-8(6-15-17)2-4-10-13(12)20-14(16-10)11-5-3-9(7-18)19-11/h2-7H,1H3. The van der Waals surface area contributed by atoms with Crippen LogP contribution in [0.3, 0.4) is 0 Å². The molecule has 0 radical (unpaired) electrons. The molecule has 0 atom stereocenters. The molecule has 20 heavy (non-hydrogen) atoms. The summed E-state index contributed by atoms with van der Waals surface area (Å²) in [7, 11) is 1.92. The van der Waals surface area contributed by atoms with Gasteiger partial charge in [0.15, 0.2) is 22.8 Å². The first-order valence-electron chi connectivity index (χ1n) is 6.03. The maximum Gasteiger partial charge on any atom is 0.185 e. The lowest BCUT2D eigenvalue weighted by Crippen LogP contribution is -1.88. The minimum absolute atomic E-state index is 0.310. The van der Waals surface area contributed by atoms with Crippen LogP contribution in [-0.2, 0) is 7.05 Å². The molecule has 1 aromatic carbocycles. The third kappa shape index (κ3) is 1.51. The van der Waals surface area contributed by atoms with Gasteiger partial charge in [-0.2, -0.15) is 5.10 Å². The maximum absolute atomic E-state index is 10.7. The molecule has 0 spiro atoms. The average Bonchev–Trinajstić information content (AvgIpc) is 3.14. The van der Waals surface area contributed by atoms with Gasteiger partial charge in [-0.15, -0.1) is 11.3 Å². The van der Waals surface area contributed by atoms with Crippen LogP contribution >= 0.6 is 11.3 Å². The summed E-state index contributed by atoms with van der Waals surface area (Å²) in [5, 5.41) is 6.12. The van der Waals surface area contributed by atoms with Gasteiger partial charge in [0.05, 0.1) is 21.9 Å². The molecular formula is C14H9N3O2S. The number of carbonyl (C=O) groups is 1. The van der Waals surface area contributed by atoms with E-state index in [0.29, 0.717) is 17.8 Å². The first-order chi connectivity index (χ1) is 9.76. The SMILES string of the molecule is Cn1ncc2ccc3nc(-c4ccc(C=O)o4)sc3c21. The molecule has 0 fully saturated rings. The number of fused-ring (bicyclic) bond motifs is 3. The lowest BCUT2D eigenvalue weighted by molar-refractivity contribution is 0.110. The molecule has 98 valence electrons. The normalized spacial score (nSPS) is 11.4. The quantitative estimate of drug-likeness (QED) is 0.530. The fourth-order valence-corrected chi connectivity index (χ4v) is 3.39. The highest BCUT2D eigenvalue weighted by Gasteiger charge is 2.14. The Bertz CT molecular complexity index is 948. The number of aromatic nitrogens is 3. The number of thiazole rings is 1. The van der Waals surface area contributed by atoms with E-state index in [2.05, 4.69) is 10.1 Å². The molecule has 4 aromatic rings. The van der Waals surface area contributed by atoms with Crippen molar-refractivity contribution in [3.05, 3.63) is 36.2 Å². The molecule has 0 unspecified atom stereocenters. The second kappa shape index (κ2) is 4.01. The van der Waals surface area contributed by atoms with E-state index in [1.54, 1.807) is 23.5 Å². The summed E-state index contributed by atoms with van der Waals surface area (Å²) in [6.07, 6.45) is 2.53. The van der Waals surface area contributed by atoms with Crippen LogP contribution in [0.5, 0.6) is 0 Å². The molecular weight excluding hydrogens is 274 g/mol. The third-order valence-electron chi connectivity index (χ3n) is 3.21. The first kappa shape index (κ1) is 11.4. The predicted molar refractivity (Wildman–Crippen MR) is 77.0 cm³/mol. The second-order valence-corrected chi connectivity index (χ2v) is 5.46. The first-order valence-corrected chi connectivity index (χ1v) is 6.84. The van der Waals surface area contributed by atoms with E-state index in [1.807, 2.05) is 30.1 Å². The van der Waals surface area contributed by atoms with Crippen molar-refractivity contribution in [3.8, 4) is 10.8 Å². The summed E-state index contributed by atoms with van der Waals surface area (Å²) in [4.78, 5) is 15.3. The lowest BCUT2D eigenvalue weighted by atomic mass is 10.2. The van der Waals surface area contributed by atoms with Crippen LogP contribution in [0.15, 0.2) is 34.9 Å². The minimum atomic E-state index is 0.310. The van der Waals surface area contributed by atoms with Gasteiger partial charge in [-0.05, 0) is 24.3 Å². The van der Waals surface area contributed by atoms with Gasteiger partial charge in [-0.25, -0.2) is 4.98 Å². The summed E-state index contributed by atoms with van der Waals surface area (Å²) in [6, 6.07) is 7.39. The van der Waals surface area contributed by atoms with Gasteiger partial charge in [-0.3, -0.25) is 9.48 Å². The van der Waals surface area contributed by atoms with Crippen LogP contribution in [0.1, 0.15) is 10.6 Å². The molecule has 3 aromatic heterocycles. The number of nitrogens with zero attached hydrogens (tertiary/aromatic N) is 3. The zero-order chi connectivity index (χ0) is 13.7. The van der Waals surface area contributed by atoms with Crippen molar-refractivity contribution in [3.63, 3.8) is 0 Å². The number of benzene rings is 1. The molecule has 0 aliphatic carbocycles. The number of carbonyl (C=O) groups excluding carboxylic acids is 1. The molecule has 0 amide bonds. The minimum Gasteiger partial charge on any atom is -0.451 e. The molecule has 0 saturated heterocycles. The monoisotopic (exact) mass is 283 g/mol. The van der Waals surface area contributed by atoms with Gasteiger partial charge in [-0.1, -0.05) is 0 Å². The fraction of sp³-hybridized carbons (Fsp3) is 0.0714. The summed E-state index contributed by atoms with van der Waals surface area (Å²) >= 11 is 1.54. The van der Waals surface area contributed by atoms with Crippen molar-refractivity contribution in [2.75, 3.05) is 0 Å². The van der Waals surface area contributed by atoms with Crippen LogP contribution in [0, 0.1) is 0 Å². The van der Waals surface area contributed by atoms with Crippen molar-refractivity contribution in [2.24, 2.45) is 7.05 Å². The van der Waals surface area contributed by atoms with Crippen molar-refractivity contribution in [1.29, 1.82) is 0 Å². The number of aryl methyl sites for hydroxylation is 1. The Morgan fingerprint density at radius 3 is 3.00 bits per heavy atom. The van der Waals surface area contributed by atoms with Crippen molar-refractivity contribution < 1.29 is 9.21 Å². The Hall–Kier alpha value is -2.47. The predicted octanol–water partition coefficient (Wildman–Crippen LogP) is 3.26. The molecule has 0 saturated carbocycles. The molecule has 5 nitrogen and oxygen atoms in total. The smallest absolute Gasteiger partial charge is 0.185 e. The second-order valence-electron chi connectivity index (χ2n) is 4.46. The van der Waals surface area contributed by atoms with E-state index in [-0.39, 0.29) is 0 Å². The summed E-state index contributed by atoms with van der Waals surface area (Å²) in [5.41, 5.74) is 1.97. The van der Waals surface area contributed by atoms with Gasteiger partial charge in [0.1, 0.15) is 0 Å². The molecule has 0 aliphatic rings. The van der Waals surface area contributed by atoms with Crippen LogP contribution < -0.4 is 0 Å². The van der Waals surface area contributed by atoms with Crippen molar-refractivity contribution in [1.82, 2.24) is 14.8 Å². The third-order valence-corrected chi connectivity index (χ3v) is 4.30. The number of hydrogen-bond acceptors (Lipinski definition) is 5. The van der Waals surface area contributed by atoms with Crippen LogP contribution in [0.2, 0.25) is 0 Å². The molecule has 0 N–H and O–H groups in total. The van der Waals surface area contributed by atoms with Gasteiger partial charge >= 0.3 is 0 Å². The van der Waals surface area contributed by atoms with Crippen LogP contribution in [-0.4, -0.2) is 21.1 Å². The van der Waals surface area contributed by atoms with E-state index in [4.69, 9.17) is 4.42 Å². The Kier molecular flexibility index (Phi) is 2.28. The highest BCUT2D eigenvalue weighted by atomic mass is 32.1. The van der Waals surface area contributed by atoms with Gasteiger partial charge in [0.2, 0.25) is 0 Å². The van der Waals surface area contributed by atoms with Crippen LogP contribution in [0.25, 0.3) is 31.9 Å². The van der Waals surface area contributed by atoms with Gasteiger partial charge in [0, 0.05) is 12.4 Å². The number of rotatable bonds is 2. The molecule has 0 bridgehead atoms. The number of aldehydes is 1. The van der Waals surface area contributed by atoms with Gasteiger partial charge < -0.3 is 4.42 Å². The largest absolute Gasteiger partial charge is 0.451 e. The number of furan rings is 1. The molecule has 3 heterocycles. The molecule has 4 rings (SSSR count). The Labute approximate surface area is 117 Å². The summed E-state index contributed by atoms with van der Waals surface area (Å²) < 4.78 is 8.35. The topological polar surface area (TPSA) is 60.9 Å². The molecule has 0 aliphatic heterocycles. The summed E-state index contributed by atoms with van der Waals surface area (Å²) in [6.45, 7) is 0. The van der Waals surface area contributed by atoms with E-state index in [0.717, 1.165) is 26.1 Å². The van der Waals surface area contributed by atoms with E-state index in [1.165, 1.54) is 0 Å². The van der Waals surface area contributed by atoms with Gasteiger partial charge in [0.25, 0.3) is 0 Å². The average molecular weight is 283 g/mol. The van der Waals surface area contributed by atoms with E-state index >= 15 is 0 Å². The Morgan fingerprint density at radius 1 is 1.30 bits per heavy atom. The molecule has 6 heteroatoms. The Balaban J connectivity index is 2.00. The van der Waals surface area contributed by atoms with Crippen LogP contribution in [0.4, 0.5) is 0 Å². The summed E-state index contributed by atoms with van der Waals surface area (Å²) in [5.74, 6) is 0.925. The lowest BCUT2D eigenvalue weighted by Gasteiger charge is -1.94. The highest BCUT2D eigenvalue weighted by Crippen LogP contribution is 2.35. The number of hydrogen-bond donors (Lipinski definition) is 0. The highest BCUT2D eigenvalue weighted by molar-refractivity contribution is 7.22. The van der Waals surface area contributed by atoms with Crippen molar-refractivity contribution in [2.45, 2.75) is 0 Å². The van der Waals surface area contributed by atoms with Crippen molar-refractivity contribution >= 4 is 38.7 Å². The zero-order valence-electron chi connectivity index (χ0n) is 10.5. The van der Waals surface area contributed by atoms with E-state index < -0.39 is 0 Å². The fourth-order valence-electron chi connectivity index (χ4n) is 2.27.